The number of carbonyl (C=O) groups is 3. The average molecular weight is 555 g/mol. The van der Waals surface area contributed by atoms with Gasteiger partial charge in [0.25, 0.3) is 0 Å². The first-order valence-corrected chi connectivity index (χ1v) is 12.8. The molecule has 10 nitrogen and oxygen atoms in total. The van der Waals surface area contributed by atoms with Gasteiger partial charge in [-0.1, -0.05) is 36.3 Å². The van der Waals surface area contributed by atoms with Gasteiger partial charge in [-0.15, -0.1) is 0 Å². The van der Waals surface area contributed by atoms with Crippen molar-refractivity contribution in [3.8, 4) is 11.5 Å². The third kappa shape index (κ3) is 7.16. The van der Waals surface area contributed by atoms with Crippen molar-refractivity contribution in [1.82, 2.24) is 10.5 Å². The van der Waals surface area contributed by atoms with Crippen molar-refractivity contribution >= 4 is 29.2 Å². The Morgan fingerprint density at radius 3 is 2.40 bits per heavy atom. The molecule has 0 saturated heterocycles. The summed E-state index contributed by atoms with van der Waals surface area (Å²) in [6, 6.07) is 10.7. The Bertz CT molecular complexity index is 1360. The highest BCUT2D eigenvalue weighted by Crippen LogP contribution is 2.40. The number of hydrogen-bond acceptors (Lipinski definition) is 7. The number of hydrogen-bond donors (Lipinski definition) is 2. The Morgan fingerprint density at radius 2 is 1.80 bits per heavy atom. The fourth-order valence-corrected chi connectivity index (χ4v) is 4.05. The monoisotopic (exact) mass is 554 g/mol. The fraction of sp³-hybridized carbons (Fsp3) is 0.379. The van der Waals surface area contributed by atoms with Crippen LogP contribution in [0.15, 0.2) is 53.1 Å². The summed E-state index contributed by atoms with van der Waals surface area (Å²) in [5.41, 5.74) is -0.481. The summed E-state index contributed by atoms with van der Waals surface area (Å²) >= 11 is 0. The summed E-state index contributed by atoms with van der Waals surface area (Å²) in [7, 11) is 2.86. The maximum atomic E-state index is 15.3. The zero-order valence-corrected chi connectivity index (χ0v) is 23.5. The van der Waals surface area contributed by atoms with Gasteiger partial charge in [0.05, 0.1) is 19.9 Å². The number of aromatic nitrogens is 1. The van der Waals surface area contributed by atoms with Crippen molar-refractivity contribution in [3.63, 3.8) is 0 Å². The molecule has 214 valence electrons. The molecule has 1 heterocycles. The van der Waals surface area contributed by atoms with Gasteiger partial charge in [0.1, 0.15) is 17.6 Å². The van der Waals surface area contributed by atoms with Gasteiger partial charge in [-0.2, -0.15) is 0 Å². The minimum Gasteiger partial charge on any atom is -0.493 e. The van der Waals surface area contributed by atoms with E-state index in [4.69, 9.17) is 14.0 Å². The van der Waals surface area contributed by atoms with Gasteiger partial charge >= 0.3 is 0 Å². The highest BCUT2D eigenvalue weighted by atomic mass is 19.1. The van der Waals surface area contributed by atoms with Gasteiger partial charge in [0.2, 0.25) is 17.7 Å². The predicted octanol–water partition coefficient (Wildman–Crippen LogP) is 4.94. The first-order valence-electron chi connectivity index (χ1n) is 12.8. The summed E-state index contributed by atoms with van der Waals surface area (Å²) in [5.74, 6) is -1.17. The van der Waals surface area contributed by atoms with E-state index in [2.05, 4.69) is 15.8 Å². The van der Waals surface area contributed by atoms with Crippen molar-refractivity contribution in [1.29, 1.82) is 0 Å². The number of amides is 3. The van der Waals surface area contributed by atoms with Crippen molar-refractivity contribution in [2.24, 2.45) is 0 Å². The van der Waals surface area contributed by atoms with Crippen molar-refractivity contribution in [2.45, 2.75) is 58.5 Å². The molecule has 0 aliphatic rings. The summed E-state index contributed by atoms with van der Waals surface area (Å²) in [5, 5.41) is 9.24. The lowest BCUT2D eigenvalue weighted by Crippen LogP contribution is -2.50. The quantitative estimate of drug-likeness (QED) is 0.325. The zero-order chi connectivity index (χ0) is 29.4. The van der Waals surface area contributed by atoms with E-state index in [-0.39, 0.29) is 35.7 Å². The molecule has 1 atom stereocenters. The smallest absolute Gasteiger partial charge is 0.248 e. The summed E-state index contributed by atoms with van der Waals surface area (Å²) in [6.45, 7) is 7.28. The third-order valence-electron chi connectivity index (χ3n) is 6.42. The van der Waals surface area contributed by atoms with Gasteiger partial charge < -0.3 is 24.6 Å². The summed E-state index contributed by atoms with van der Waals surface area (Å²) in [6.07, 6.45) is 0.0139. The molecule has 2 N–H and O–H groups in total. The number of rotatable bonds is 12. The molecule has 1 aromatic heterocycles. The third-order valence-corrected chi connectivity index (χ3v) is 6.42. The number of nitrogens with zero attached hydrogens (tertiary/aromatic N) is 2. The second kappa shape index (κ2) is 13.1. The molecule has 0 fully saturated rings. The molecule has 0 bridgehead atoms. The van der Waals surface area contributed by atoms with Gasteiger partial charge in [-0.25, -0.2) is 4.39 Å². The van der Waals surface area contributed by atoms with E-state index < -0.39 is 35.1 Å². The molecule has 0 aliphatic carbocycles. The van der Waals surface area contributed by atoms with E-state index in [0.717, 1.165) is 4.90 Å². The number of carbonyl (C=O) groups excluding carboxylic acids is 3. The first-order chi connectivity index (χ1) is 19.0. The second-order valence-corrected chi connectivity index (χ2v) is 9.80. The molecule has 0 spiro atoms. The van der Waals surface area contributed by atoms with E-state index >= 15 is 4.39 Å². The molecular weight excluding hydrogens is 519 g/mol. The molecule has 2 aromatic carbocycles. The Morgan fingerprint density at radius 1 is 1.07 bits per heavy atom. The van der Waals surface area contributed by atoms with Crippen molar-refractivity contribution in [3.05, 3.63) is 65.7 Å². The van der Waals surface area contributed by atoms with Crippen LogP contribution in [0.2, 0.25) is 0 Å². The van der Waals surface area contributed by atoms with Crippen LogP contribution in [0, 0.1) is 12.7 Å². The van der Waals surface area contributed by atoms with Crippen LogP contribution >= 0.6 is 0 Å². The lowest BCUT2D eigenvalue weighted by molar-refractivity contribution is -0.128. The minimum absolute atomic E-state index is 0.126. The lowest BCUT2D eigenvalue weighted by Gasteiger charge is -2.35. The largest absolute Gasteiger partial charge is 0.493 e. The summed E-state index contributed by atoms with van der Waals surface area (Å²) in [4.78, 5) is 41.5. The number of ether oxygens (including phenoxy) is 2. The zero-order valence-electron chi connectivity index (χ0n) is 23.5. The van der Waals surface area contributed by atoms with Gasteiger partial charge in [-0.05, 0) is 45.4 Å². The van der Waals surface area contributed by atoms with Crippen LogP contribution in [0.1, 0.15) is 57.4 Å². The van der Waals surface area contributed by atoms with E-state index in [1.165, 1.54) is 38.5 Å². The van der Waals surface area contributed by atoms with Crippen LogP contribution in [0.4, 0.5) is 15.9 Å². The number of aryl methyl sites for hydroxylation is 1. The minimum atomic E-state index is -1.36. The van der Waals surface area contributed by atoms with E-state index in [0.29, 0.717) is 17.9 Å². The highest BCUT2D eigenvalue weighted by molar-refractivity contribution is 6.03. The first kappa shape index (κ1) is 30.1. The normalized spacial score (nSPS) is 11.9. The summed E-state index contributed by atoms with van der Waals surface area (Å²) < 4.78 is 31.3. The van der Waals surface area contributed by atoms with E-state index in [1.54, 1.807) is 31.2 Å². The van der Waals surface area contributed by atoms with Crippen LogP contribution in [-0.2, 0) is 14.4 Å². The Labute approximate surface area is 232 Å². The van der Waals surface area contributed by atoms with Crippen molar-refractivity contribution < 1.29 is 32.8 Å². The van der Waals surface area contributed by atoms with Crippen LogP contribution < -0.4 is 25.0 Å². The average Bonchev–Trinajstić information content (AvgIpc) is 3.34. The Balaban J connectivity index is 2.08. The number of methoxy groups -OCH3 is 2. The van der Waals surface area contributed by atoms with E-state index in [9.17, 15) is 14.4 Å². The van der Waals surface area contributed by atoms with E-state index in [1.807, 2.05) is 20.8 Å². The number of halogens is 1. The lowest BCUT2D eigenvalue weighted by atomic mass is 9.97. The SMILES string of the molecule is CCC(C)(C)NC(=O)[C@@H](c1cccc(OC)c1OC)N(C(=O)CCC(=O)Nc1cc(C)on1)c1ccccc1F. The number of nitrogens with one attached hydrogen (secondary N) is 2. The number of anilines is 2. The van der Waals surface area contributed by atoms with Gasteiger partial charge in [0.15, 0.2) is 17.3 Å². The maximum Gasteiger partial charge on any atom is 0.248 e. The number of para-hydroxylation sites is 2. The highest BCUT2D eigenvalue weighted by Gasteiger charge is 2.38. The molecule has 40 heavy (non-hydrogen) atoms. The Hall–Kier alpha value is -4.41. The van der Waals surface area contributed by atoms with Crippen LogP contribution in [0.25, 0.3) is 0 Å². The van der Waals surface area contributed by atoms with Gasteiger partial charge in [-0.3, -0.25) is 19.3 Å². The predicted molar refractivity (Wildman–Crippen MR) is 148 cm³/mol. The second-order valence-electron chi connectivity index (χ2n) is 9.80. The van der Waals surface area contributed by atoms with Crippen molar-refractivity contribution in [2.75, 3.05) is 24.4 Å². The fourth-order valence-electron chi connectivity index (χ4n) is 4.05. The Kier molecular flexibility index (Phi) is 9.87. The standard InChI is InChI=1S/C29H35FN4O6/c1-7-29(3,4)32-28(37)26(19-11-10-14-22(38-5)27(19)39-6)34(21-13-9-8-12-20(21)30)25(36)16-15-24(35)31-23-17-18(2)40-33-23/h8-14,17,26H,7,15-16H2,1-6H3,(H,32,37)(H,31,33,35)/t26-/m1/s1. The molecule has 3 aromatic rings. The van der Waals surface area contributed by atoms with Crippen LogP contribution in [0.5, 0.6) is 11.5 Å². The molecule has 0 radical (unpaired) electrons. The van der Waals surface area contributed by atoms with Crippen LogP contribution in [0.3, 0.4) is 0 Å². The molecule has 3 amide bonds. The number of benzene rings is 2. The molecule has 3 rings (SSSR count). The maximum absolute atomic E-state index is 15.3. The van der Waals surface area contributed by atoms with Crippen LogP contribution in [-0.4, -0.2) is 42.6 Å². The molecular formula is C29H35FN4O6. The molecule has 0 saturated carbocycles. The molecule has 0 unspecified atom stereocenters. The topological polar surface area (TPSA) is 123 Å². The molecule has 0 aliphatic heterocycles. The van der Waals surface area contributed by atoms with Gasteiger partial charge in [0, 0.05) is 30.0 Å². The molecule has 11 heteroatoms.